The van der Waals surface area contributed by atoms with Crippen LogP contribution in [0.3, 0.4) is 0 Å². The molecule has 0 aromatic heterocycles. The van der Waals surface area contributed by atoms with Crippen LogP contribution in [0.15, 0.2) is 5.29 Å². The standard InChI is InChI=1S/C5H12N2O2/c1-5(8)3-4-7(2)6-9/h5,8H,3-4H2,1-2H3. The van der Waals surface area contributed by atoms with Crippen LogP contribution in [0.5, 0.6) is 0 Å². The van der Waals surface area contributed by atoms with Crippen molar-refractivity contribution in [2.24, 2.45) is 5.29 Å². The molecule has 0 radical (unpaired) electrons. The zero-order chi connectivity index (χ0) is 7.28. The molecule has 0 fully saturated rings. The Bertz CT molecular complexity index is 85.0. The van der Waals surface area contributed by atoms with Crippen molar-refractivity contribution in [2.75, 3.05) is 13.6 Å². The van der Waals surface area contributed by atoms with Crippen LogP contribution in [0.2, 0.25) is 0 Å². The maximum atomic E-state index is 9.71. The Balaban J connectivity index is 3.16. The number of rotatable bonds is 4. The van der Waals surface area contributed by atoms with Crippen LogP contribution in [0.4, 0.5) is 0 Å². The lowest BCUT2D eigenvalue weighted by Gasteiger charge is -2.08. The monoisotopic (exact) mass is 132 g/mol. The van der Waals surface area contributed by atoms with Gasteiger partial charge in [-0.15, -0.1) is 4.91 Å². The van der Waals surface area contributed by atoms with Crippen LogP contribution < -0.4 is 0 Å². The third kappa shape index (κ3) is 5.23. The largest absolute Gasteiger partial charge is 0.393 e. The molecule has 0 aliphatic heterocycles. The van der Waals surface area contributed by atoms with E-state index in [0.717, 1.165) is 0 Å². The first-order chi connectivity index (χ1) is 4.16. The summed E-state index contributed by atoms with van der Waals surface area (Å²) in [5, 5.41) is 12.6. The van der Waals surface area contributed by atoms with E-state index in [-0.39, 0.29) is 6.10 Å². The molecule has 0 amide bonds. The molecule has 0 aliphatic rings. The molecule has 0 heterocycles. The molecular weight excluding hydrogens is 120 g/mol. The Hall–Kier alpha value is -0.640. The number of nitroso groups, excluding NO2 is 1. The predicted molar refractivity (Wildman–Crippen MR) is 34.7 cm³/mol. The Kier molecular flexibility index (Phi) is 3.96. The van der Waals surface area contributed by atoms with Crippen LogP contribution in [-0.2, 0) is 0 Å². The topological polar surface area (TPSA) is 52.9 Å². The minimum absolute atomic E-state index is 0.353. The highest BCUT2D eigenvalue weighted by Crippen LogP contribution is 1.91. The van der Waals surface area contributed by atoms with Gasteiger partial charge in [0.15, 0.2) is 0 Å². The first-order valence-electron chi connectivity index (χ1n) is 2.89. The minimum Gasteiger partial charge on any atom is -0.393 e. The molecule has 0 saturated carbocycles. The summed E-state index contributed by atoms with van der Waals surface area (Å²) in [6.45, 7) is 2.19. The molecule has 4 heteroatoms. The zero-order valence-corrected chi connectivity index (χ0v) is 5.74. The Labute approximate surface area is 54.4 Å². The molecular formula is C5H12N2O2. The van der Waals surface area contributed by atoms with E-state index in [1.54, 1.807) is 14.0 Å². The summed E-state index contributed by atoms with van der Waals surface area (Å²) in [6, 6.07) is 0. The van der Waals surface area contributed by atoms with Gasteiger partial charge >= 0.3 is 0 Å². The SMILES string of the molecule is CC(O)CCN(C)N=O. The third-order valence-electron chi connectivity index (χ3n) is 1.01. The van der Waals surface area contributed by atoms with Gasteiger partial charge in [0.05, 0.1) is 11.4 Å². The lowest BCUT2D eigenvalue weighted by atomic mass is 10.3. The zero-order valence-electron chi connectivity index (χ0n) is 5.74. The fourth-order valence-corrected chi connectivity index (χ4v) is 0.414. The summed E-state index contributed by atoms with van der Waals surface area (Å²) in [6.07, 6.45) is 0.233. The molecule has 4 nitrogen and oxygen atoms in total. The van der Waals surface area contributed by atoms with Crippen molar-refractivity contribution >= 4 is 0 Å². The summed E-state index contributed by atoms with van der Waals surface area (Å²) in [4.78, 5) is 9.71. The van der Waals surface area contributed by atoms with E-state index in [0.29, 0.717) is 13.0 Å². The molecule has 9 heavy (non-hydrogen) atoms. The molecule has 1 atom stereocenters. The summed E-state index contributed by atoms with van der Waals surface area (Å²) >= 11 is 0. The molecule has 0 rings (SSSR count). The quantitative estimate of drug-likeness (QED) is 0.444. The average molecular weight is 132 g/mol. The lowest BCUT2D eigenvalue weighted by Crippen LogP contribution is -2.16. The summed E-state index contributed by atoms with van der Waals surface area (Å²) in [5.74, 6) is 0. The van der Waals surface area contributed by atoms with E-state index in [1.807, 2.05) is 0 Å². The summed E-state index contributed by atoms with van der Waals surface area (Å²) in [5.41, 5.74) is 0. The van der Waals surface area contributed by atoms with E-state index >= 15 is 0 Å². The predicted octanol–water partition coefficient (Wildman–Crippen LogP) is 0.370. The van der Waals surface area contributed by atoms with Crippen LogP contribution in [0, 0.1) is 4.91 Å². The average Bonchev–Trinajstić information content (AvgIpc) is 1.83. The maximum Gasteiger partial charge on any atom is 0.0529 e. The van der Waals surface area contributed by atoms with Gasteiger partial charge in [-0.3, -0.25) is 5.01 Å². The van der Waals surface area contributed by atoms with Gasteiger partial charge in [0.2, 0.25) is 0 Å². The van der Waals surface area contributed by atoms with Crippen molar-refractivity contribution in [3.63, 3.8) is 0 Å². The summed E-state index contributed by atoms with van der Waals surface area (Å²) in [7, 11) is 1.58. The minimum atomic E-state index is -0.353. The third-order valence-corrected chi connectivity index (χ3v) is 1.01. The Morgan fingerprint density at radius 1 is 1.78 bits per heavy atom. The van der Waals surface area contributed by atoms with Gasteiger partial charge < -0.3 is 5.11 Å². The van der Waals surface area contributed by atoms with Crippen molar-refractivity contribution in [1.29, 1.82) is 0 Å². The number of aliphatic hydroxyl groups excluding tert-OH is 1. The van der Waals surface area contributed by atoms with Gasteiger partial charge in [-0.25, -0.2) is 0 Å². The highest BCUT2D eigenvalue weighted by atomic mass is 16.3. The second kappa shape index (κ2) is 4.26. The molecule has 1 unspecified atom stereocenters. The number of nitrogens with zero attached hydrogens (tertiary/aromatic N) is 2. The molecule has 0 aromatic rings. The second-order valence-electron chi connectivity index (χ2n) is 2.10. The molecule has 0 aromatic carbocycles. The van der Waals surface area contributed by atoms with Gasteiger partial charge in [0.25, 0.3) is 0 Å². The highest BCUT2D eigenvalue weighted by Gasteiger charge is 1.97. The maximum absolute atomic E-state index is 9.71. The van der Waals surface area contributed by atoms with Crippen molar-refractivity contribution in [3.8, 4) is 0 Å². The molecule has 0 spiro atoms. The number of aliphatic hydroxyl groups is 1. The van der Waals surface area contributed by atoms with E-state index in [1.165, 1.54) is 5.01 Å². The van der Waals surface area contributed by atoms with Gasteiger partial charge in [-0.2, -0.15) is 0 Å². The van der Waals surface area contributed by atoms with Crippen LogP contribution in [0.1, 0.15) is 13.3 Å². The first kappa shape index (κ1) is 8.36. The van der Waals surface area contributed by atoms with Gasteiger partial charge in [0, 0.05) is 13.6 Å². The Morgan fingerprint density at radius 2 is 2.33 bits per heavy atom. The van der Waals surface area contributed by atoms with Crippen molar-refractivity contribution in [1.82, 2.24) is 5.01 Å². The van der Waals surface area contributed by atoms with E-state index in [9.17, 15) is 4.91 Å². The molecule has 54 valence electrons. The van der Waals surface area contributed by atoms with E-state index < -0.39 is 0 Å². The number of hydrogen-bond donors (Lipinski definition) is 1. The van der Waals surface area contributed by atoms with Crippen molar-refractivity contribution < 1.29 is 5.11 Å². The second-order valence-corrected chi connectivity index (χ2v) is 2.10. The molecule has 0 bridgehead atoms. The van der Waals surface area contributed by atoms with Crippen molar-refractivity contribution in [3.05, 3.63) is 4.91 Å². The lowest BCUT2D eigenvalue weighted by molar-refractivity contribution is 0.165. The van der Waals surface area contributed by atoms with E-state index in [2.05, 4.69) is 5.29 Å². The first-order valence-corrected chi connectivity index (χ1v) is 2.89. The normalized spacial score (nSPS) is 12.8. The van der Waals surface area contributed by atoms with E-state index in [4.69, 9.17) is 5.11 Å². The van der Waals surface area contributed by atoms with Gasteiger partial charge in [-0.1, -0.05) is 0 Å². The molecule has 1 N–H and O–H groups in total. The van der Waals surface area contributed by atoms with Crippen LogP contribution >= 0.6 is 0 Å². The fraction of sp³-hybridized carbons (Fsp3) is 1.00. The highest BCUT2D eigenvalue weighted by molar-refractivity contribution is 4.49. The van der Waals surface area contributed by atoms with Crippen LogP contribution in [-0.4, -0.2) is 29.8 Å². The number of hydrogen-bond acceptors (Lipinski definition) is 3. The smallest absolute Gasteiger partial charge is 0.0529 e. The van der Waals surface area contributed by atoms with Crippen LogP contribution in [0.25, 0.3) is 0 Å². The fourth-order valence-electron chi connectivity index (χ4n) is 0.414. The Morgan fingerprint density at radius 3 is 2.67 bits per heavy atom. The molecule has 0 aliphatic carbocycles. The van der Waals surface area contributed by atoms with Gasteiger partial charge in [-0.05, 0) is 13.3 Å². The summed E-state index contributed by atoms with van der Waals surface area (Å²) < 4.78 is 0. The van der Waals surface area contributed by atoms with Crippen molar-refractivity contribution in [2.45, 2.75) is 19.4 Å². The van der Waals surface area contributed by atoms with Gasteiger partial charge in [0.1, 0.15) is 0 Å². The molecule has 0 saturated heterocycles.